The highest BCUT2D eigenvalue weighted by atomic mass is 32.1. The Bertz CT molecular complexity index is 720. The smallest absolute Gasteiger partial charge is 0.266 e. The highest BCUT2D eigenvalue weighted by molar-refractivity contribution is 7.16. The summed E-state index contributed by atoms with van der Waals surface area (Å²) in [5, 5.41) is 0.547. The summed E-state index contributed by atoms with van der Waals surface area (Å²) in [6, 6.07) is 0.921. The molecule has 1 fully saturated rings. The zero-order valence-electron chi connectivity index (χ0n) is 12.4. The summed E-state index contributed by atoms with van der Waals surface area (Å²) >= 11 is 1.18. The average Bonchev–Trinajstić information content (AvgIpc) is 3.04. The summed E-state index contributed by atoms with van der Waals surface area (Å²) in [7, 11) is 0. The molecule has 1 aliphatic heterocycles. The molecule has 0 spiro atoms. The molecule has 0 unspecified atom stereocenters. The Kier molecular flexibility index (Phi) is 4.30. The second-order valence-corrected chi connectivity index (χ2v) is 6.05. The molecule has 0 aliphatic carbocycles. The zero-order chi connectivity index (χ0) is 16.4. The molecule has 2 amide bonds. The number of carbonyl (C=O) groups excluding carboxylic acids is 2. The highest BCUT2D eigenvalue weighted by Crippen LogP contribution is 2.25. The lowest BCUT2D eigenvalue weighted by molar-refractivity contribution is -0.132. The zero-order valence-corrected chi connectivity index (χ0v) is 13.2. The third-order valence-electron chi connectivity index (χ3n) is 3.52. The highest BCUT2D eigenvalue weighted by Gasteiger charge is 2.37. The fraction of sp³-hybridized carbons (Fsp3) is 0.357. The van der Waals surface area contributed by atoms with Crippen molar-refractivity contribution in [2.24, 2.45) is 5.73 Å². The molecular weight excluding hydrogens is 318 g/mol. The molecule has 23 heavy (non-hydrogen) atoms. The number of nitrogens with two attached hydrogens (primary N) is 1. The number of aromatic nitrogens is 3. The first kappa shape index (κ1) is 15.5. The summed E-state index contributed by atoms with van der Waals surface area (Å²) in [6.45, 7) is 2.40. The van der Waals surface area contributed by atoms with Crippen molar-refractivity contribution in [3.63, 3.8) is 0 Å². The topological polar surface area (TPSA) is 111 Å². The third-order valence-corrected chi connectivity index (χ3v) is 4.50. The van der Waals surface area contributed by atoms with Crippen molar-refractivity contribution < 1.29 is 14.3 Å². The Morgan fingerprint density at radius 2 is 2.09 bits per heavy atom. The molecule has 3 heterocycles. The van der Waals surface area contributed by atoms with Gasteiger partial charge in [-0.3, -0.25) is 9.59 Å². The molecule has 2 atom stereocenters. The number of hydrogen-bond acceptors (Lipinski definition) is 7. The molecule has 0 bridgehead atoms. The van der Waals surface area contributed by atoms with Crippen molar-refractivity contribution in [1.29, 1.82) is 0 Å². The van der Waals surface area contributed by atoms with Gasteiger partial charge in [-0.05, 0) is 13.0 Å². The van der Waals surface area contributed by atoms with Gasteiger partial charge >= 0.3 is 0 Å². The first-order valence-corrected chi connectivity index (χ1v) is 7.84. The molecule has 0 saturated carbocycles. The summed E-state index contributed by atoms with van der Waals surface area (Å²) in [6.07, 6.45) is 4.25. The Morgan fingerprint density at radius 3 is 2.78 bits per heavy atom. The monoisotopic (exact) mass is 333 g/mol. The summed E-state index contributed by atoms with van der Waals surface area (Å²) < 4.78 is 5.42. The van der Waals surface area contributed by atoms with E-state index in [-0.39, 0.29) is 5.91 Å². The van der Waals surface area contributed by atoms with Gasteiger partial charge in [0.05, 0.1) is 18.9 Å². The van der Waals surface area contributed by atoms with Gasteiger partial charge < -0.3 is 15.4 Å². The van der Waals surface area contributed by atoms with E-state index in [0.717, 1.165) is 0 Å². The van der Waals surface area contributed by atoms with E-state index < -0.39 is 18.1 Å². The lowest BCUT2D eigenvalue weighted by atomic mass is 10.1. The minimum atomic E-state index is -0.783. The molecule has 2 aromatic heterocycles. The van der Waals surface area contributed by atoms with Crippen LogP contribution in [0, 0.1) is 0 Å². The number of morpholine rings is 1. The second kappa shape index (κ2) is 6.39. The minimum absolute atomic E-state index is 0.288. The van der Waals surface area contributed by atoms with Crippen LogP contribution in [-0.2, 0) is 9.53 Å². The van der Waals surface area contributed by atoms with Crippen LogP contribution in [0.25, 0.3) is 10.8 Å². The van der Waals surface area contributed by atoms with E-state index >= 15 is 0 Å². The van der Waals surface area contributed by atoms with Crippen molar-refractivity contribution in [3.8, 4) is 10.8 Å². The fourth-order valence-electron chi connectivity index (χ4n) is 2.46. The SMILES string of the molecule is C[C@H]1OCCN(C(=O)c2cnc(-c3ncccn3)s2)[C@@H]1C(N)=O. The Morgan fingerprint density at radius 1 is 1.35 bits per heavy atom. The largest absolute Gasteiger partial charge is 0.374 e. The van der Waals surface area contributed by atoms with E-state index in [1.54, 1.807) is 25.4 Å². The average molecular weight is 333 g/mol. The third kappa shape index (κ3) is 3.06. The molecule has 0 radical (unpaired) electrons. The first-order valence-electron chi connectivity index (χ1n) is 7.03. The van der Waals surface area contributed by atoms with Crippen LogP contribution in [0.3, 0.4) is 0 Å². The summed E-state index contributed by atoms with van der Waals surface area (Å²) in [5.41, 5.74) is 5.42. The van der Waals surface area contributed by atoms with Gasteiger partial charge in [0.2, 0.25) is 5.91 Å². The first-order chi connectivity index (χ1) is 11.1. The molecule has 1 aliphatic rings. The number of primary amides is 1. The molecule has 1 saturated heterocycles. The predicted octanol–water partition coefficient (Wildman–Crippen LogP) is 0.315. The number of amides is 2. The summed E-state index contributed by atoms with van der Waals surface area (Å²) in [5.74, 6) is -0.413. The van der Waals surface area contributed by atoms with Gasteiger partial charge in [-0.1, -0.05) is 0 Å². The standard InChI is InChI=1S/C14H15N5O3S/c1-8-10(11(15)20)19(5-6-22-8)14(21)9-7-18-13(23-9)12-16-3-2-4-17-12/h2-4,7-8,10H,5-6H2,1H3,(H2,15,20)/t8-,10+/m1/s1. The van der Waals surface area contributed by atoms with Crippen LogP contribution in [0.5, 0.6) is 0 Å². The van der Waals surface area contributed by atoms with Crippen molar-refractivity contribution in [1.82, 2.24) is 19.9 Å². The van der Waals surface area contributed by atoms with Crippen molar-refractivity contribution in [3.05, 3.63) is 29.5 Å². The van der Waals surface area contributed by atoms with E-state index in [1.807, 2.05) is 0 Å². The Balaban J connectivity index is 1.85. The van der Waals surface area contributed by atoms with Crippen LogP contribution >= 0.6 is 11.3 Å². The van der Waals surface area contributed by atoms with E-state index in [1.165, 1.54) is 22.4 Å². The Hall–Kier alpha value is -2.39. The van der Waals surface area contributed by atoms with Crippen LogP contribution in [0.15, 0.2) is 24.7 Å². The van der Waals surface area contributed by atoms with E-state index in [2.05, 4.69) is 15.0 Å². The van der Waals surface area contributed by atoms with Crippen LogP contribution in [0.4, 0.5) is 0 Å². The van der Waals surface area contributed by atoms with E-state index in [4.69, 9.17) is 10.5 Å². The van der Waals surface area contributed by atoms with Gasteiger partial charge in [-0.15, -0.1) is 11.3 Å². The number of ether oxygens (including phenoxy) is 1. The van der Waals surface area contributed by atoms with Crippen LogP contribution in [-0.4, -0.2) is 57.0 Å². The van der Waals surface area contributed by atoms with Crippen LogP contribution in [0.1, 0.15) is 16.6 Å². The summed E-state index contributed by atoms with van der Waals surface area (Å²) in [4.78, 5) is 38.6. The molecule has 8 nitrogen and oxygen atoms in total. The maximum Gasteiger partial charge on any atom is 0.266 e. The van der Waals surface area contributed by atoms with E-state index in [9.17, 15) is 9.59 Å². The van der Waals surface area contributed by atoms with Gasteiger partial charge in [-0.2, -0.15) is 0 Å². The lowest BCUT2D eigenvalue weighted by Crippen LogP contribution is -2.58. The van der Waals surface area contributed by atoms with Crippen molar-refractivity contribution in [2.45, 2.75) is 19.1 Å². The number of hydrogen-bond donors (Lipinski definition) is 1. The normalized spacial score (nSPS) is 21.2. The quantitative estimate of drug-likeness (QED) is 0.865. The van der Waals surface area contributed by atoms with Gasteiger partial charge in [0, 0.05) is 18.9 Å². The minimum Gasteiger partial charge on any atom is -0.374 e. The molecule has 0 aromatic carbocycles. The van der Waals surface area contributed by atoms with E-state index in [0.29, 0.717) is 28.9 Å². The van der Waals surface area contributed by atoms with Gasteiger partial charge in [-0.25, -0.2) is 15.0 Å². The van der Waals surface area contributed by atoms with Crippen LogP contribution < -0.4 is 5.73 Å². The second-order valence-electron chi connectivity index (χ2n) is 5.02. The van der Waals surface area contributed by atoms with Gasteiger partial charge in [0.25, 0.3) is 5.91 Å². The van der Waals surface area contributed by atoms with Gasteiger partial charge in [0.15, 0.2) is 10.8 Å². The molecule has 2 N–H and O–H groups in total. The maximum absolute atomic E-state index is 12.7. The molecule has 120 valence electrons. The molecule has 3 rings (SSSR count). The molecule has 9 heteroatoms. The predicted molar refractivity (Wildman–Crippen MR) is 82.6 cm³/mol. The maximum atomic E-state index is 12.7. The lowest BCUT2D eigenvalue weighted by Gasteiger charge is -2.37. The number of rotatable bonds is 3. The molecule has 2 aromatic rings. The van der Waals surface area contributed by atoms with Gasteiger partial charge in [0.1, 0.15) is 10.9 Å². The number of nitrogens with zero attached hydrogens (tertiary/aromatic N) is 4. The van der Waals surface area contributed by atoms with Crippen molar-refractivity contribution >= 4 is 23.2 Å². The fourth-order valence-corrected chi connectivity index (χ4v) is 3.28. The molecular formula is C14H15N5O3S. The Labute approximate surface area is 136 Å². The number of thiazole rings is 1. The van der Waals surface area contributed by atoms with Crippen LogP contribution in [0.2, 0.25) is 0 Å². The van der Waals surface area contributed by atoms with Crippen molar-refractivity contribution in [2.75, 3.05) is 13.2 Å². The number of carbonyl (C=O) groups is 2.